The SMILES string of the molecule is CCC1CCC(C)N1c1ccc(CNC)cn1. The Bertz CT molecular complexity index is 347. The van der Waals surface area contributed by atoms with E-state index in [9.17, 15) is 0 Å². The molecule has 2 atom stereocenters. The van der Waals surface area contributed by atoms with Gasteiger partial charge < -0.3 is 10.2 Å². The van der Waals surface area contributed by atoms with Crippen molar-refractivity contribution >= 4 is 5.82 Å². The smallest absolute Gasteiger partial charge is 0.128 e. The van der Waals surface area contributed by atoms with Gasteiger partial charge in [0.05, 0.1) is 0 Å². The molecule has 0 aromatic carbocycles. The molecular formula is C14H23N3. The van der Waals surface area contributed by atoms with Crippen LogP contribution in [0.15, 0.2) is 18.3 Å². The quantitative estimate of drug-likeness (QED) is 0.866. The Morgan fingerprint density at radius 3 is 2.82 bits per heavy atom. The third-order valence-electron chi connectivity index (χ3n) is 3.71. The highest BCUT2D eigenvalue weighted by Gasteiger charge is 2.29. The van der Waals surface area contributed by atoms with Crippen LogP contribution in [-0.2, 0) is 6.54 Å². The number of nitrogens with one attached hydrogen (secondary N) is 1. The predicted molar refractivity (Wildman–Crippen MR) is 72.3 cm³/mol. The van der Waals surface area contributed by atoms with E-state index in [0.29, 0.717) is 12.1 Å². The minimum atomic E-state index is 0.627. The predicted octanol–water partition coefficient (Wildman–Crippen LogP) is 2.57. The minimum absolute atomic E-state index is 0.627. The molecule has 1 fully saturated rings. The fourth-order valence-corrected chi connectivity index (χ4v) is 2.76. The molecule has 1 saturated heterocycles. The van der Waals surface area contributed by atoms with Crippen LogP contribution in [0.4, 0.5) is 5.82 Å². The monoisotopic (exact) mass is 233 g/mol. The number of rotatable bonds is 4. The summed E-state index contributed by atoms with van der Waals surface area (Å²) < 4.78 is 0. The summed E-state index contributed by atoms with van der Waals surface area (Å²) in [5.41, 5.74) is 1.25. The van der Waals surface area contributed by atoms with Crippen molar-refractivity contribution in [1.82, 2.24) is 10.3 Å². The standard InChI is InChI=1S/C14H23N3/c1-4-13-7-5-11(2)17(13)14-8-6-12(9-15-3)10-16-14/h6,8,10-11,13,15H,4-5,7,9H2,1-3H3. The molecule has 2 heterocycles. The Morgan fingerprint density at radius 1 is 1.41 bits per heavy atom. The molecule has 94 valence electrons. The number of pyridine rings is 1. The van der Waals surface area contributed by atoms with Crippen LogP contribution < -0.4 is 10.2 Å². The van der Waals surface area contributed by atoms with Crippen LogP contribution in [0.5, 0.6) is 0 Å². The summed E-state index contributed by atoms with van der Waals surface area (Å²) in [5, 5.41) is 3.15. The van der Waals surface area contributed by atoms with Crippen LogP contribution in [0.25, 0.3) is 0 Å². The van der Waals surface area contributed by atoms with Gasteiger partial charge in [0.1, 0.15) is 5.82 Å². The zero-order valence-corrected chi connectivity index (χ0v) is 11.1. The first-order chi connectivity index (χ1) is 8.26. The molecule has 1 aliphatic rings. The van der Waals surface area contributed by atoms with Crippen molar-refractivity contribution in [2.24, 2.45) is 0 Å². The van der Waals surface area contributed by atoms with Gasteiger partial charge in [-0.2, -0.15) is 0 Å². The molecule has 0 radical (unpaired) electrons. The van der Waals surface area contributed by atoms with Gasteiger partial charge in [-0.15, -0.1) is 0 Å². The first-order valence-electron chi connectivity index (χ1n) is 6.64. The topological polar surface area (TPSA) is 28.2 Å². The molecule has 0 spiro atoms. The Hall–Kier alpha value is -1.09. The van der Waals surface area contributed by atoms with Crippen molar-refractivity contribution in [2.75, 3.05) is 11.9 Å². The average molecular weight is 233 g/mol. The van der Waals surface area contributed by atoms with Gasteiger partial charge in [-0.05, 0) is 44.9 Å². The second kappa shape index (κ2) is 5.50. The largest absolute Gasteiger partial charge is 0.351 e. The molecule has 3 nitrogen and oxygen atoms in total. The number of anilines is 1. The van der Waals surface area contributed by atoms with Crippen molar-refractivity contribution in [1.29, 1.82) is 0 Å². The van der Waals surface area contributed by atoms with Crippen LogP contribution in [0.3, 0.4) is 0 Å². The molecular weight excluding hydrogens is 210 g/mol. The van der Waals surface area contributed by atoms with E-state index in [1.807, 2.05) is 13.2 Å². The van der Waals surface area contributed by atoms with Gasteiger partial charge in [-0.25, -0.2) is 4.98 Å². The van der Waals surface area contributed by atoms with Crippen LogP contribution in [-0.4, -0.2) is 24.1 Å². The number of aromatic nitrogens is 1. The van der Waals surface area contributed by atoms with E-state index in [1.165, 1.54) is 24.8 Å². The minimum Gasteiger partial charge on any atom is -0.351 e. The zero-order chi connectivity index (χ0) is 12.3. The third-order valence-corrected chi connectivity index (χ3v) is 3.71. The third kappa shape index (κ3) is 2.60. The molecule has 17 heavy (non-hydrogen) atoms. The number of nitrogens with zero attached hydrogens (tertiary/aromatic N) is 2. The summed E-state index contributed by atoms with van der Waals surface area (Å²) in [5.74, 6) is 1.14. The van der Waals surface area contributed by atoms with Crippen LogP contribution in [0.2, 0.25) is 0 Å². The van der Waals surface area contributed by atoms with E-state index in [1.54, 1.807) is 0 Å². The maximum absolute atomic E-state index is 4.61. The molecule has 1 aromatic heterocycles. The normalized spacial score (nSPS) is 24.3. The van der Waals surface area contributed by atoms with Crippen LogP contribution >= 0.6 is 0 Å². The summed E-state index contributed by atoms with van der Waals surface area (Å²) in [6, 6.07) is 5.64. The highest BCUT2D eigenvalue weighted by Crippen LogP contribution is 2.30. The highest BCUT2D eigenvalue weighted by molar-refractivity contribution is 5.43. The molecule has 2 unspecified atom stereocenters. The van der Waals surface area contributed by atoms with Crippen molar-refractivity contribution in [2.45, 2.75) is 51.7 Å². The van der Waals surface area contributed by atoms with Gasteiger partial charge in [-0.3, -0.25) is 0 Å². The summed E-state index contributed by atoms with van der Waals surface area (Å²) in [7, 11) is 1.96. The molecule has 0 bridgehead atoms. The Morgan fingerprint density at radius 2 is 2.24 bits per heavy atom. The lowest BCUT2D eigenvalue weighted by molar-refractivity contribution is 0.621. The van der Waals surface area contributed by atoms with Crippen LogP contribution in [0, 0.1) is 0 Å². The summed E-state index contributed by atoms with van der Waals surface area (Å²) in [6.07, 6.45) is 5.80. The van der Waals surface area contributed by atoms with E-state index in [0.717, 1.165) is 12.4 Å². The number of hydrogen-bond donors (Lipinski definition) is 1. The Kier molecular flexibility index (Phi) is 4.00. The van der Waals surface area contributed by atoms with E-state index in [2.05, 4.69) is 41.2 Å². The van der Waals surface area contributed by atoms with Gasteiger partial charge in [0.25, 0.3) is 0 Å². The maximum atomic E-state index is 4.61. The lowest BCUT2D eigenvalue weighted by Gasteiger charge is -2.29. The fourth-order valence-electron chi connectivity index (χ4n) is 2.76. The zero-order valence-electron chi connectivity index (χ0n) is 11.1. The van der Waals surface area contributed by atoms with E-state index in [-0.39, 0.29) is 0 Å². The van der Waals surface area contributed by atoms with Crippen molar-refractivity contribution in [3.8, 4) is 0 Å². The van der Waals surface area contributed by atoms with E-state index in [4.69, 9.17) is 0 Å². The lowest BCUT2D eigenvalue weighted by atomic mass is 10.1. The van der Waals surface area contributed by atoms with Gasteiger partial charge in [-0.1, -0.05) is 13.0 Å². The van der Waals surface area contributed by atoms with Crippen LogP contribution in [0.1, 0.15) is 38.7 Å². The first-order valence-corrected chi connectivity index (χ1v) is 6.64. The van der Waals surface area contributed by atoms with Gasteiger partial charge in [0, 0.05) is 24.8 Å². The lowest BCUT2D eigenvalue weighted by Crippen LogP contribution is -2.34. The first kappa shape index (κ1) is 12.4. The van der Waals surface area contributed by atoms with Gasteiger partial charge in [0.15, 0.2) is 0 Å². The summed E-state index contributed by atoms with van der Waals surface area (Å²) in [4.78, 5) is 7.10. The fraction of sp³-hybridized carbons (Fsp3) is 0.643. The van der Waals surface area contributed by atoms with Crippen molar-refractivity contribution in [3.63, 3.8) is 0 Å². The Balaban J connectivity index is 2.15. The second-order valence-electron chi connectivity index (χ2n) is 4.95. The molecule has 1 N–H and O–H groups in total. The van der Waals surface area contributed by atoms with Crippen molar-refractivity contribution < 1.29 is 0 Å². The molecule has 0 amide bonds. The molecule has 2 rings (SSSR count). The highest BCUT2D eigenvalue weighted by atomic mass is 15.2. The van der Waals surface area contributed by atoms with E-state index >= 15 is 0 Å². The number of hydrogen-bond acceptors (Lipinski definition) is 3. The van der Waals surface area contributed by atoms with Gasteiger partial charge >= 0.3 is 0 Å². The molecule has 0 saturated carbocycles. The maximum Gasteiger partial charge on any atom is 0.128 e. The second-order valence-corrected chi connectivity index (χ2v) is 4.95. The molecule has 1 aromatic rings. The Labute approximate surface area is 104 Å². The molecule has 0 aliphatic carbocycles. The molecule has 1 aliphatic heterocycles. The molecule has 3 heteroatoms. The summed E-state index contributed by atoms with van der Waals surface area (Å²) >= 11 is 0. The van der Waals surface area contributed by atoms with Crippen molar-refractivity contribution in [3.05, 3.63) is 23.9 Å². The van der Waals surface area contributed by atoms with E-state index < -0.39 is 0 Å². The summed E-state index contributed by atoms with van der Waals surface area (Å²) in [6.45, 7) is 5.46. The average Bonchev–Trinajstić information content (AvgIpc) is 2.72. The van der Waals surface area contributed by atoms with Gasteiger partial charge in [0.2, 0.25) is 0 Å².